The van der Waals surface area contributed by atoms with Crippen molar-refractivity contribution in [3.63, 3.8) is 0 Å². The highest BCUT2D eigenvalue weighted by molar-refractivity contribution is 7.98. The Bertz CT molecular complexity index is 412. The lowest BCUT2D eigenvalue weighted by Gasteiger charge is -2.27. The molecular weight excluding hydrogens is 264 g/mol. The summed E-state index contributed by atoms with van der Waals surface area (Å²) >= 11 is 1.77. The van der Waals surface area contributed by atoms with Gasteiger partial charge in [-0.1, -0.05) is 0 Å². The quantitative estimate of drug-likeness (QED) is 0.806. The molecule has 1 aromatic rings. The largest absolute Gasteiger partial charge is 0.378 e. The average molecular weight is 284 g/mol. The molecule has 1 fully saturated rings. The Morgan fingerprint density at radius 1 is 1.37 bits per heavy atom. The molecule has 7 nitrogen and oxygen atoms in total. The van der Waals surface area contributed by atoms with Crippen molar-refractivity contribution < 1.29 is 4.74 Å². The molecule has 2 heterocycles. The average Bonchev–Trinajstić information content (AvgIpc) is 2.39. The molecule has 1 saturated heterocycles. The first-order chi connectivity index (χ1) is 9.19. The highest BCUT2D eigenvalue weighted by Crippen LogP contribution is 2.14. The Labute approximate surface area is 117 Å². The molecule has 0 aliphatic carbocycles. The standard InChI is InChI=1S/C11H20N6OS/c1-8(7-19-2)13-10-14-9(12)15-11(16-10)17-3-5-18-6-4-17/h8H,3-7H2,1-2H3,(H3,12,13,14,15,16). The molecule has 3 N–H and O–H groups in total. The van der Waals surface area contributed by atoms with E-state index in [-0.39, 0.29) is 12.0 Å². The van der Waals surface area contributed by atoms with Gasteiger partial charge in [0.15, 0.2) is 0 Å². The molecule has 1 unspecified atom stereocenters. The van der Waals surface area contributed by atoms with Crippen LogP contribution in [-0.4, -0.2) is 59.3 Å². The Morgan fingerprint density at radius 3 is 2.79 bits per heavy atom. The highest BCUT2D eigenvalue weighted by atomic mass is 32.2. The topological polar surface area (TPSA) is 89.2 Å². The van der Waals surface area contributed by atoms with Crippen molar-refractivity contribution in [2.24, 2.45) is 0 Å². The number of nitrogen functional groups attached to an aromatic ring is 1. The third-order valence-corrected chi connectivity index (χ3v) is 3.56. The molecular formula is C11H20N6OS. The Morgan fingerprint density at radius 2 is 2.11 bits per heavy atom. The highest BCUT2D eigenvalue weighted by Gasteiger charge is 2.16. The molecule has 0 aromatic carbocycles. The van der Waals surface area contributed by atoms with Gasteiger partial charge in [0.25, 0.3) is 0 Å². The monoisotopic (exact) mass is 284 g/mol. The SMILES string of the molecule is CSCC(C)Nc1nc(N)nc(N2CCOCC2)n1. The predicted molar refractivity (Wildman–Crippen MR) is 78.7 cm³/mol. The number of ether oxygens (including phenoxy) is 1. The molecule has 19 heavy (non-hydrogen) atoms. The first kappa shape index (κ1) is 14.1. The summed E-state index contributed by atoms with van der Waals surface area (Å²) in [6.07, 6.45) is 2.07. The smallest absolute Gasteiger partial charge is 0.232 e. The molecule has 1 aliphatic rings. The number of hydrogen-bond acceptors (Lipinski definition) is 8. The number of rotatable bonds is 5. The van der Waals surface area contributed by atoms with E-state index in [1.54, 1.807) is 11.8 Å². The van der Waals surface area contributed by atoms with Crippen molar-refractivity contribution in [3.8, 4) is 0 Å². The van der Waals surface area contributed by atoms with E-state index in [4.69, 9.17) is 10.5 Å². The van der Waals surface area contributed by atoms with Gasteiger partial charge in [-0.2, -0.15) is 26.7 Å². The van der Waals surface area contributed by atoms with Crippen molar-refractivity contribution in [2.45, 2.75) is 13.0 Å². The lowest BCUT2D eigenvalue weighted by atomic mass is 10.4. The van der Waals surface area contributed by atoms with Gasteiger partial charge >= 0.3 is 0 Å². The van der Waals surface area contributed by atoms with Gasteiger partial charge in [-0.05, 0) is 13.2 Å². The van der Waals surface area contributed by atoms with Crippen molar-refractivity contribution in [1.82, 2.24) is 15.0 Å². The van der Waals surface area contributed by atoms with Crippen LogP contribution in [0.4, 0.5) is 17.8 Å². The number of anilines is 3. The van der Waals surface area contributed by atoms with Crippen LogP contribution in [0.1, 0.15) is 6.92 Å². The van der Waals surface area contributed by atoms with Crippen molar-refractivity contribution >= 4 is 29.6 Å². The number of hydrogen-bond donors (Lipinski definition) is 2. The van der Waals surface area contributed by atoms with Crippen LogP contribution in [0.15, 0.2) is 0 Å². The van der Waals surface area contributed by atoms with E-state index in [1.807, 2.05) is 0 Å². The third kappa shape index (κ3) is 4.10. The molecule has 1 atom stereocenters. The molecule has 1 aliphatic heterocycles. The van der Waals surface area contributed by atoms with E-state index < -0.39 is 0 Å². The molecule has 0 saturated carbocycles. The predicted octanol–water partition coefficient (Wildman–Crippen LogP) is 0.454. The third-order valence-electron chi connectivity index (χ3n) is 2.73. The summed E-state index contributed by atoms with van der Waals surface area (Å²) in [7, 11) is 0. The molecule has 0 amide bonds. The van der Waals surface area contributed by atoms with Crippen LogP contribution in [0.3, 0.4) is 0 Å². The lowest BCUT2D eigenvalue weighted by Crippen LogP contribution is -2.37. The maximum absolute atomic E-state index is 5.75. The van der Waals surface area contributed by atoms with Crippen LogP contribution in [0.5, 0.6) is 0 Å². The number of aromatic nitrogens is 3. The maximum Gasteiger partial charge on any atom is 0.232 e. The van der Waals surface area contributed by atoms with Crippen LogP contribution in [0.2, 0.25) is 0 Å². The fourth-order valence-electron chi connectivity index (χ4n) is 1.86. The van der Waals surface area contributed by atoms with Gasteiger partial charge < -0.3 is 20.7 Å². The van der Waals surface area contributed by atoms with Crippen LogP contribution in [0, 0.1) is 0 Å². The van der Waals surface area contributed by atoms with E-state index in [2.05, 4.69) is 38.3 Å². The Balaban J connectivity index is 2.09. The van der Waals surface area contributed by atoms with E-state index in [9.17, 15) is 0 Å². The fraction of sp³-hybridized carbons (Fsp3) is 0.727. The first-order valence-electron chi connectivity index (χ1n) is 6.28. The van der Waals surface area contributed by atoms with Gasteiger partial charge in [0.2, 0.25) is 17.8 Å². The summed E-state index contributed by atoms with van der Waals surface area (Å²) in [5.74, 6) is 2.39. The van der Waals surface area contributed by atoms with Crippen LogP contribution in [0.25, 0.3) is 0 Å². The molecule has 1 aromatic heterocycles. The number of morpholine rings is 1. The van der Waals surface area contributed by atoms with Crippen LogP contribution < -0.4 is 16.0 Å². The number of nitrogens with two attached hydrogens (primary N) is 1. The molecule has 106 valence electrons. The maximum atomic E-state index is 5.75. The molecule has 0 radical (unpaired) electrons. The van der Waals surface area contributed by atoms with Crippen molar-refractivity contribution in [3.05, 3.63) is 0 Å². The molecule has 0 spiro atoms. The van der Waals surface area contributed by atoms with E-state index in [1.165, 1.54) is 0 Å². The lowest BCUT2D eigenvalue weighted by molar-refractivity contribution is 0.122. The zero-order valence-corrected chi connectivity index (χ0v) is 12.1. The number of thioether (sulfide) groups is 1. The van der Waals surface area contributed by atoms with Crippen molar-refractivity contribution in [1.29, 1.82) is 0 Å². The summed E-state index contributed by atoms with van der Waals surface area (Å²) in [5.41, 5.74) is 5.75. The van der Waals surface area contributed by atoms with Crippen molar-refractivity contribution in [2.75, 3.05) is 54.3 Å². The number of nitrogens with one attached hydrogen (secondary N) is 1. The molecule has 8 heteroatoms. The second kappa shape index (κ2) is 6.76. The normalized spacial score (nSPS) is 17.3. The minimum Gasteiger partial charge on any atom is -0.378 e. The van der Waals surface area contributed by atoms with Gasteiger partial charge in [0.1, 0.15) is 0 Å². The van der Waals surface area contributed by atoms with Crippen LogP contribution >= 0.6 is 11.8 Å². The second-order valence-corrected chi connectivity index (χ2v) is 5.33. The van der Waals surface area contributed by atoms with Gasteiger partial charge in [-0.15, -0.1) is 0 Å². The summed E-state index contributed by atoms with van der Waals surface area (Å²) in [6, 6.07) is 0.286. The van der Waals surface area contributed by atoms with Gasteiger partial charge in [0.05, 0.1) is 13.2 Å². The van der Waals surface area contributed by atoms with Gasteiger partial charge in [0, 0.05) is 24.9 Å². The summed E-state index contributed by atoms with van der Waals surface area (Å²) in [6.45, 7) is 5.03. The van der Waals surface area contributed by atoms with Crippen LogP contribution in [-0.2, 0) is 4.74 Å². The summed E-state index contributed by atoms with van der Waals surface area (Å²) < 4.78 is 5.32. The van der Waals surface area contributed by atoms with E-state index >= 15 is 0 Å². The number of nitrogens with zero attached hydrogens (tertiary/aromatic N) is 4. The minimum atomic E-state index is 0.246. The van der Waals surface area contributed by atoms with E-state index in [0.717, 1.165) is 18.8 Å². The molecule has 0 bridgehead atoms. The Hall–Kier alpha value is -1.28. The first-order valence-corrected chi connectivity index (χ1v) is 7.68. The zero-order chi connectivity index (χ0) is 13.7. The summed E-state index contributed by atoms with van der Waals surface area (Å²) in [4.78, 5) is 14.8. The van der Waals surface area contributed by atoms with Gasteiger partial charge in [-0.3, -0.25) is 0 Å². The molecule has 2 rings (SSSR count). The van der Waals surface area contributed by atoms with E-state index in [0.29, 0.717) is 25.1 Å². The fourth-order valence-corrected chi connectivity index (χ4v) is 2.45. The summed E-state index contributed by atoms with van der Waals surface area (Å²) in [5, 5.41) is 3.24. The second-order valence-electron chi connectivity index (χ2n) is 4.42. The minimum absolute atomic E-state index is 0.246. The van der Waals surface area contributed by atoms with Gasteiger partial charge in [-0.25, -0.2) is 0 Å². The zero-order valence-electron chi connectivity index (χ0n) is 11.3. The Kier molecular flexibility index (Phi) is 5.03.